The summed E-state index contributed by atoms with van der Waals surface area (Å²) >= 11 is 0. The Morgan fingerprint density at radius 1 is 0.480 bits per heavy atom. The van der Waals surface area contributed by atoms with Crippen molar-refractivity contribution in [3.8, 4) is 0 Å². The van der Waals surface area contributed by atoms with Crippen molar-refractivity contribution in [2.45, 2.75) is 143 Å². The lowest BCUT2D eigenvalue weighted by Crippen LogP contribution is -1.87. The minimum atomic E-state index is 0.894. The fourth-order valence-electron chi connectivity index (χ4n) is 3.51. The Morgan fingerprint density at radius 2 is 0.840 bits per heavy atom. The number of unbranched alkanes of at least 4 members (excludes halogenated alkanes) is 16. The van der Waals surface area contributed by atoms with Crippen LogP contribution in [0.25, 0.3) is 0 Å². The lowest BCUT2D eigenvalue weighted by Gasteiger charge is -2.04. The van der Waals surface area contributed by atoms with Crippen LogP contribution in [0.15, 0.2) is 12.2 Å². The van der Waals surface area contributed by atoms with E-state index in [0.717, 1.165) is 5.92 Å². The molecule has 0 N–H and O–H groups in total. The van der Waals surface area contributed by atoms with Crippen LogP contribution >= 0.6 is 0 Å². The number of allylic oxidation sites excluding steroid dienone is 2. The van der Waals surface area contributed by atoms with Gasteiger partial charge in [-0.2, -0.15) is 0 Å². The third kappa shape index (κ3) is 23.7. The highest BCUT2D eigenvalue weighted by atomic mass is 14.0. The molecule has 0 aromatic heterocycles. The topological polar surface area (TPSA) is 0 Å². The van der Waals surface area contributed by atoms with Crippen LogP contribution in [0, 0.1) is 5.92 Å². The van der Waals surface area contributed by atoms with Gasteiger partial charge in [0, 0.05) is 0 Å². The SMILES string of the molecule is CCCCCCCC/C=C\CCCCCCCCCCCCC(C)C. The predicted octanol–water partition coefficient (Wildman–Crippen LogP) is 9.63. The van der Waals surface area contributed by atoms with Gasteiger partial charge in [0.15, 0.2) is 0 Å². The molecule has 0 saturated carbocycles. The van der Waals surface area contributed by atoms with Crippen molar-refractivity contribution in [3.63, 3.8) is 0 Å². The first-order valence-electron chi connectivity index (χ1n) is 11.9. The number of hydrogen-bond acceptors (Lipinski definition) is 0. The van der Waals surface area contributed by atoms with Gasteiger partial charge in [-0.05, 0) is 31.6 Å². The minimum absolute atomic E-state index is 0.894. The molecule has 0 spiro atoms. The van der Waals surface area contributed by atoms with E-state index < -0.39 is 0 Å². The molecule has 0 radical (unpaired) electrons. The Kier molecular flexibility index (Phi) is 21.6. The standard InChI is InChI=1S/C25H50/c1-4-5-6-7-8-9-10-11-12-13-14-15-16-17-18-19-20-21-22-23-24-25(2)3/h11-12,25H,4-10,13-24H2,1-3H3/b12-11-. The molecule has 0 heterocycles. The third-order valence-electron chi connectivity index (χ3n) is 5.29. The Hall–Kier alpha value is -0.260. The first-order valence-corrected chi connectivity index (χ1v) is 11.9. The van der Waals surface area contributed by atoms with Gasteiger partial charge in [-0.25, -0.2) is 0 Å². The zero-order valence-electron chi connectivity index (χ0n) is 18.2. The quantitative estimate of drug-likeness (QED) is 0.151. The molecule has 0 nitrogen and oxygen atoms in total. The molecule has 0 amide bonds. The van der Waals surface area contributed by atoms with E-state index in [-0.39, 0.29) is 0 Å². The van der Waals surface area contributed by atoms with Crippen molar-refractivity contribution in [1.82, 2.24) is 0 Å². The van der Waals surface area contributed by atoms with Crippen LogP contribution in [-0.2, 0) is 0 Å². The van der Waals surface area contributed by atoms with Crippen molar-refractivity contribution in [2.24, 2.45) is 5.92 Å². The Bertz CT molecular complexity index is 251. The fourth-order valence-corrected chi connectivity index (χ4v) is 3.51. The maximum absolute atomic E-state index is 2.43. The van der Waals surface area contributed by atoms with Gasteiger partial charge >= 0.3 is 0 Å². The summed E-state index contributed by atoms with van der Waals surface area (Å²) in [5, 5.41) is 0. The average Bonchev–Trinajstić information content (AvgIpc) is 2.60. The summed E-state index contributed by atoms with van der Waals surface area (Å²) in [6.45, 7) is 6.97. The fraction of sp³-hybridized carbons (Fsp3) is 0.920. The van der Waals surface area contributed by atoms with Crippen LogP contribution in [-0.4, -0.2) is 0 Å². The van der Waals surface area contributed by atoms with E-state index in [4.69, 9.17) is 0 Å². The highest BCUT2D eigenvalue weighted by molar-refractivity contribution is 4.81. The Morgan fingerprint density at radius 3 is 1.24 bits per heavy atom. The second kappa shape index (κ2) is 21.8. The van der Waals surface area contributed by atoms with Gasteiger partial charge in [-0.15, -0.1) is 0 Å². The van der Waals surface area contributed by atoms with E-state index in [9.17, 15) is 0 Å². The van der Waals surface area contributed by atoms with Crippen LogP contribution < -0.4 is 0 Å². The molecule has 0 aromatic rings. The molecule has 0 rings (SSSR count). The largest absolute Gasteiger partial charge is 0.0885 e. The lowest BCUT2D eigenvalue weighted by molar-refractivity contribution is 0.505. The van der Waals surface area contributed by atoms with Crippen LogP contribution in [0.2, 0.25) is 0 Å². The van der Waals surface area contributed by atoms with Gasteiger partial charge < -0.3 is 0 Å². The number of rotatable bonds is 20. The molecule has 0 aliphatic rings. The van der Waals surface area contributed by atoms with Crippen molar-refractivity contribution >= 4 is 0 Å². The summed E-state index contributed by atoms with van der Waals surface area (Å²) < 4.78 is 0. The molecular formula is C25H50. The van der Waals surface area contributed by atoms with Crippen molar-refractivity contribution in [1.29, 1.82) is 0 Å². The van der Waals surface area contributed by atoms with E-state index in [2.05, 4.69) is 32.9 Å². The molecule has 0 heteroatoms. The van der Waals surface area contributed by atoms with E-state index in [1.807, 2.05) is 0 Å². The first kappa shape index (κ1) is 24.7. The molecule has 0 aliphatic carbocycles. The van der Waals surface area contributed by atoms with E-state index in [0.29, 0.717) is 0 Å². The van der Waals surface area contributed by atoms with Crippen molar-refractivity contribution in [3.05, 3.63) is 12.2 Å². The van der Waals surface area contributed by atoms with Crippen LogP contribution in [0.5, 0.6) is 0 Å². The maximum atomic E-state index is 2.43. The molecule has 0 atom stereocenters. The highest BCUT2D eigenvalue weighted by Gasteiger charge is 1.95. The molecule has 0 saturated heterocycles. The van der Waals surface area contributed by atoms with Crippen molar-refractivity contribution < 1.29 is 0 Å². The van der Waals surface area contributed by atoms with Gasteiger partial charge in [0.25, 0.3) is 0 Å². The minimum Gasteiger partial charge on any atom is -0.0885 e. The average molecular weight is 351 g/mol. The molecule has 0 fully saturated rings. The summed E-state index contributed by atoms with van der Waals surface area (Å²) in [6.07, 6.45) is 32.0. The molecule has 0 aliphatic heterocycles. The van der Waals surface area contributed by atoms with Gasteiger partial charge in [0.2, 0.25) is 0 Å². The normalized spacial score (nSPS) is 11.8. The van der Waals surface area contributed by atoms with E-state index >= 15 is 0 Å². The first-order chi connectivity index (χ1) is 12.3. The number of hydrogen-bond donors (Lipinski definition) is 0. The summed E-state index contributed by atoms with van der Waals surface area (Å²) in [7, 11) is 0. The van der Waals surface area contributed by atoms with E-state index in [1.165, 1.54) is 122 Å². The predicted molar refractivity (Wildman–Crippen MR) is 117 cm³/mol. The maximum Gasteiger partial charge on any atom is -0.0351 e. The monoisotopic (exact) mass is 350 g/mol. The smallest absolute Gasteiger partial charge is 0.0351 e. The second-order valence-corrected chi connectivity index (χ2v) is 8.53. The van der Waals surface area contributed by atoms with Gasteiger partial charge in [-0.1, -0.05) is 129 Å². The van der Waals surface area contributed by atoms with Crippen LogP contribution in [0.3, 0.4) is 0 Å². The van der Waals surface area contributed by atoms with Gasteiger partial charge in [0.1, 0.15) is 0 Å². The van der Waals surface area contributed by atoms with Gasteiger partial charge in [-0.3, -0.25) is 0 Å². The Labute approximate surface area is 161 Å². The third-order valence-corrected chi connectivity index (χ3v) is 5.29. The molecule has 0 bridgehead atoms. The second-order valence-electron chi connectivity index (χ2n) is 8.53. The lowest BCUT2D eigenvalue weighted by atomic mass is 10.0. The molecule has 0 unspecified atom stereocenters. The zero-order valence-corrected chi connectivity index (χ0v) is 18.2. The molecule has 25 heavy (non-hydrogen) atoms. The molecule has 150 valence electrons. The highest BCUT2D eigenvalue weighted by Crippen LogP contribution is 2.14. The summed E-state index contributed by atoms with van der Waals surface area (Å²) in [5.41, 5.74) is 0. The zero-order chi connectivity index (χ0) is 18.4. The van der Waals surface area contributed by atoms with E-state index in [1.54, 1.807) is 0 Å². The summed E-state index contributed by atoms with van der Waals surface area (Å²) in [5.74, 6) is 0.894. The molecular weight excluding hydrogens is 300 g/mol. The summed E-state index contributed by atoms with van der Waals surface area (Å²) in [4.78, 5) is 0. The van der Waals surface area contributed by atoms with Crippen LogP contribution in [0.4, 0.5) is 0 Å². The molecule has 0 aromatic carbocycles. The Balaban J connectivity index is 3.05. The van der Waals surface area contributed by atoms with Crippen LogP contribution in [0.1, 0.15) is 143 Å². The van der Waals surface area contributed by atoms with Gasteiger partial charge in [0.05, 0.1) is 0 Å². The summed E-state index contributed by atoms with van der Waals surface area (Å²) in [6, 6.07) is 0. The van der Waals surface area contributed by atoms with Crippen molar-refractivity contribution in [2.75, 3.05) is 0 Å².